The van der Waals surface area contributed by atoms with Crippen LogP contribution in [0.2, 0.25) is 0 Å². The molecule has 110 valence electrons. The number of pyridine rings is 1. The monoisotopic (exact) mass is 285 g/mol. The average Bonchev–Trinajstić information content (AvgIpc) is 3.06. The van der Waals surface area contributed by atoms with Crippen LogP contribution in [0.15, 0.2) is 24.4 Å². The molecule has 1 atom stereocenters. The van der Waals surface area contributed by atoms with Gasteiger partial charge in [-0.15, -0.1) is 0 Å². The number of nitrogens with one attached hydrogen (secondary N) is 1. The summed E-state index contributed by atoms with van der Waals surface area (Å²) in [6.07, 6.45) is 3.60. The number of aromatic nitrogens is 3. The van der Waals surface area contributed by atoms with E-state index >= 15 is 0 Å². The first kappa shape index (κ1) is 13.8. The molecule has 6 heteroatoms. The predicted octanol–water partition coefficient (Wildman–Crippen LogP) is 1.55. The second-order valence-corrected chi connectivity index (χ2v) is 5.46. The van der Waals surface area contributed by atoms with Crippen molar-refractivity contribution in [2.24, 2.45) is 5.73 Å². The van der Waals surface area contributed by atoms with Crippen LogP contribution in [-0.2, 0) is 6.54 Å². The Bertz CT molecular complexity index is 651. The normalized spacial score (nSPS) is 19.0. The van der Waals surface area contributed by atoms with Crippen LogP contribution in [0.4, 0.5) is 0 Å². The zero-order valence-electron chi connectivity index (χ0n) is 12.0. The first-order valence-electron chi connectivity index (χ1n) is 7.15. The molecule has 0 unspecified atom stereocenters. The highest BCUT2D eigenvalue weighted by Gasteiger charge is 2.30. The van der Waals surface area contributed by atoms with Gasteiger partial charge in [-0.25, -0.2) is 0 Å². The SMILES string of the molecule is Cc1cccc(CN2CCC[C@H]2c2[nH]ncc2C(N)=O)n1. The van der Waals surface area contributed by atoms with Gasteiger partial charge in [0.2, 0.25) is 0 Å². The molecule has 3 heterocycles. The smallest absolute Gasteiger partial charge is 0.252 e. The molecular weight excluding hydrogens is 266 g/mol. The van der Waals surface area contributed by atoms with E-state index in [1.54, 1.807) is 0 Å². The van der Waals surface area contributed by atoms with Crippen LogP contribution in [-0.4, -0.2) is 32.5 Å². The van der Waals surface area contributed by atoms with Crippen LogP contribution < -0.4 is 5.73 Å². The van der Waals surface area contributed by atoms with Gasteiger partial charge in [0.1, 0.15) is 0 Å². The molecule has 0 aliphatic carbocycles. The summed E-state index contributed by atoms with van der Waals surface area (Å²) in [5.41, 5.74) is 8.79. The van der Waals surface area contributed by atoms with Crippen molar-refractivity contribution in [2.75, 3.05) is 6.54 Å². The maximum absolute atomic E-state index is 11.5. The van der Waals surface area contributed by atoms with Crippen LogP contribution in [0, 0.1) is 6.92 Å². The summed E-state index contributed by atoms with van der Waals surface area (Å²) in [6.45, 7) is 3.74. The van der Waals surface area contributed by atoms with Crippen molar-refractivity contribution in [3.05, 3.63) is 47.0 Å². The highest BCUT2D eigenvalue weighted by molar-refractivity contribution is 5.93. The van der Waals surface area contributed by atoms with Gasteiger partial charge in [0.25, 0.3) is 5.91 Å². The minimum Gasteiger partial charge on any atom is -0.365 e. The van der Waals surface area contributed by atoms with Gasteiger partial charge in [0.05, 0.1) is 29.2 Å². The summed E-state index contributed by atoms with van der Waals surface area (Å²) in [6, 6.07) is 6.20. The van der Waals surface area contributed by atoms with Crippen LogP contribution >= 0.6 is 0 Å². The standard InChI is InChI=1S/C15H19N5O/c1-10-4-2-5-11(18-10)9-20-7-3-6-13(20)14-12(15(16)21)8-17-19-14/h2,4-5,8,13H,3,6-7,9H2,1H3,(H2,16,21)(H,17,19)/t13-/m0/s1. The summed E-state index contributed by atoms with van der Waals surface area (Å²) in [4.78, 5) is 18.4. The molecule has 1 aliphatic heterocycles. The third kappa shape index (κ3) is 2.80. The molecule has 0 bridgehead atoms. The summed E-state index contributed by atoms with van der Waals surface area (Å²) in [5.74, 6) is -0.431. The van der Waals surface area contributed by atoms with Crippen molar-refractivity contribution in [1.29, 1.82) is 0 Å². The topological polar surface area (TPSA) is 87.9 Å². The van der Waals surface area contributed by atoms with E-state index in [0.717, 1.165) is 43.0 Å². The fourth-order valence-corrected chi connectivity index (χ4v) is 2.98. The molecule has 1 fully saturated rings. The second kappa shape index (κ2) is 5.65. The van der Waals surface area contributed by atoms with E-state index in [2.05, 4.69) is 20.1 Å². The lowest BCUT2D eigenvalue weighted by Gasteiger charge is -2.23. The van der Waals surface area contributed by atoms with Crippen LogP contribution in [0.1, 0.15) is 46.3 Å². The van der Waals surface area contributed by atoms with Crippen molar-refractivity contribution in [2.45, 2.75) is 32.4 Å². The molecule has 2 aromatic heterocycles. The number of primary amides is 1. The molecular formula is C15H19N5O. The first-order chi connectivity index (χ1) is 10.1. The van der Waals surface area contributed by atoms with Gasteiger partial charge < -0.3 is 5.73 Å². The summed E-state index contributed by atoms with van der Waals surface area (Å²) in [5, 5.41) is 6.92. The number of nitrogens with zero attached hydrogens (tertiary/aromatic N) is 3. The van der Waals surface area contributed by atoms with Crippen molar-refractivity contribution < 1.29 is 4.79 Å². The van der Waals surface area contributed by atoms with E-state index in [1.165, 1.54) is 6.20 Å². The number of aromatic amines is 1. The number of carbonyl (C=O) groups excluding carboxylic acids is 1. The van der Waals surface area contributed by atoms with Gasteiger partial charge in [-0.2, -0.15) is 5.10 Å². The number of hydrogen-bond donors (Lipinski definition) is 2. The van der Waals surface area contributed by atoms with Crippen LogP contribution in [0.3, 0.4) is 0 Å². The van der Waals surface area contributed by atoms with Gasteiger partial charge in [-0.1, -0.05) is 6.07 Å². The average molecular weight is 285 g/mol. The van der Waals surface area contributed by atoms with Gasteiger partial charge >= 0.3 is 0 Å². The number of carbonyl (C=O) groups is 1. The lowest BCUT2D eigenvalue weighted by atomic mass is 10.1. The number of amides is 1. The molecule has 21 heavy (non-hydrogen) atoms. The van der Waals surface area contributed by atoms with Crippen molar-refractivity contribution in [3.8, 4) is 0 Å². The van der Waals surface area contributed by atoms with Gasteiger partial charge in [-0.3, -0.25) is 19.8 Å². The number of rotatable bonds is 4. The summed E-state index contributed by atoms with van der Waals surface area (Å²) in [7, 11) is 0. The second-order valence-electron chi connectivity index (χ2n) is 5.46. The number of nitrogens with two attached hydrogens (primary N) is 1. The Morgan fingerprint density at radius 3 is 3.14 bits per heavy atom. The minimum absolute atomic E-state index is 0.150. The van der Waals surface area contributed by atoms with E-state index in [0.29, 0.717) is 5.56 Å². The molecule has 2 aromatic rings. The van der Waals surface area contributed by atoms with E-state index in [4.69, 9.17) is 5.73 Å². The quantitative estimate of drug-likeness (QED) is 0.892. The highest BCUT2D eigenvalue weighted by Crippen LogP contribution is 2.33. The van der Waals surface area contributed by atoms with E-state index < -0.39 is 5.91 Å². The molecule has 0 saturated carbocycles. The molecule has 3 N–H and O–H groups in total. The maximum atomic E-state index is 11.5. The Hall–Kier alpha value is -2.21. The summed E-state index contributed by atoms with van der Waals surface area (Å²) < 4.78 is 0. The Balaban J connectivity index is 1.82. The van der Waals surface area contributed by atoms with Crippen LogP contribution in [0.5, 0.6) is 0 Å². The lowest BCUT2D eigenvalue weighted by Crippen LogP contribution is -2.25. The fourth-order valence-electron chi connectivity index (χ4n) is 2.98. The van der Waals surface area contributed by atoms with E-state index in [9.17, 15) is 4.79 Å². The Kier molecular flexibility index (Phi) is 3.70. The van der Waals surface area contributed by atoms with Gasteiger partial charge in [-0.05, 0) is 38.4 Å². The zero-order chi connectivity index (χ0) is 14.8. The van der Waals surface area contributed by atoms with Gasteiger partial charge in [0.15, 0.2) is 0 Å². The van der Waals surface area contributed by atoms with Crippen molar-refractivity contribution in [3.63, 3.8) is 0 Å². The Labute approximate surface area is 123 Å². The highest BCUT2D eigenvalue weighted by atomic mass is 16.1. The molecule has 1 saturated heterocycles. The van der Waals surface area contributed by atoms with Crippen LogP contribution in [0.25, 0.3) is 0 Å². The zero-order valence-corrected chi connectivity index (χ0v) is 12.0. The first-order valence-corrected chi connectivity index (χ1v) is 7.15. The number of H-pyrrole nitrogens is 1. The number of hydrogen-bond acceptors (Lipinski definition) is 4. The largest absolute Gasteiger partial charge is 0.365 e. The molecule has 6 nitrogen and oxygen atoms in total. The maximum Gasteiger partial charge on any atom is 0.252 e. The van der Waals surface area contributed by atoms with Crippen molar-refractivity contribution >= 4 is 5.91 Å². The Morgan fingerprint density at radius 1 is 1.52 bits per heavy atom. The molecule has 1 amide bonds. The Morgan fingerprint density at radius 2 is 2.38 bits per heavy atom. The fraction of sp³-hybridized carbons (Fsp3) is 0.400. The number of likely N-dealkylation sites (tertiary alicyclic amines) is 1. The van der Waals surface area contributed by atoms with Gasteiger partial charge in [0, 0.05) is 12.2 Å². The molecule has 0 aromatic carbocycles. The third-order valence-electron chi connectivity index (χ3n) is 3.94. The van der Waals surface area contributed by atoms with Crippen molar-refractivity contribution in [1.82, 2.24) is 20.1 Å². The molecule has 0 spiro atoms. The predicted molar refractivity (Wildman–Crippen MR) is 78.5 cm³/mol. The third-order valence-corrected chi connectivity index (χ3v) is 3.94. The molecule has 1 aliphatic rings. The minimum atomic E-state index is -0.431. The molecule has 0 radical (unpaired) electrons. The van der Waals surface area contributed by atoms with E-state index in [-0.39, 0.29) is 6.04 Å². The summed E-state index contributed by atoms with van der Waals surface area (Å²) >= 11 is 0. The number of aryl methyl sites for hydroxylation is 1. The van der Waals surface area contributed by atoms with E-state index in [1.807, 2.05) is 25.1 Å². The molecule has 3 rings (SSSR count). The lowest BCUT2D eigenvalue weighted by molar-refractivity contribution is 0.0997.